The Labute approximate surface area is 479 Å². The van der Waals surface area contributed by atoms with Crippen molar-refractivity contribution in [3.8, 4) is 0 Å². The molecule has 0 aliphatic rings. The number of rotatable bonds is 76. The SMILES string of the molecule is CCCCCCCCCCCCCCCOCCOCCOCCOCCOCCOCCOCCOCCOCCOCCOCCOCCOCCOCCOCCCCCOCCOCCOCCOCCOCCO. The van der Waals surface area contributed by atoms with E-state index in [1.54, 1.807) is 0 Å². The molecular weight excluding hydrogens is 1030 g/mol. The third-order valence-corrected chi connectivity index (χ3v) is 11.4. The highest BCUT2D eigenvalue weighted by atomic mass is 16.6. The molecule has 0 radical (unpaired) electrons. The molecule has 476 valence electrons. The lowest BCUT2D eigenvalue weighted by Gasteiger charge is -2.09. The summed E-state index contributed by atoms with van der Waals surface area (Å²) < 4.78 is 110. The molecule has 0 aromatic carbocycles. The van der Waals surface area contributed by atoms with Crippen molar-refractivity contribution in [2.45, 2.75) is 110 Å². The van der Waals surface area contributed by atoms with Crippen molar-refractivity contribution in [1.29, 1.82) is 0 Å². The maximum absolute atomic E-state index is 8.62. The van der Waals surface area contributed by atoms with Crippen LogP contribution in [0.3, 0.4) is 0 Å². The lowest BCUT2D eigenvalue weighted by Crippen LogP contribution is -2.15. The molecule has 0 heterocycles. The molecule has 0 bridgehead atoms. The summed E-state index contributed by atoms with van der Waals surface area (Å²) in [6.07, 6.45) is 20.8. The van der Waals surface area contributed by atoms with Gasteiger partial charge in [0, 0.05) is 19.8 Å². The average Bonchev–Trinajstić information content (AvgIpc) is 3.46. The van der Waals surface area contributed by atoms with Gasteiger partial charge in [-0.3, -0.25) is 0 Å². The number of hydrogen-bond donors (Lipinski definition) is 1. The van der Waals surface area contributed by atoms with Crippen LogP contribution < -0.4 is 0 Å². The Morgan fingerprint density at radius 3 is 0.405 bits per heavy atom. The van der Waals surface area contributed by atoms with E-state index in [2.05, 4.69) is 6.92 Å². The van der Waals surface area contributed by atoms with Gasteiger partial charge < -0.3 is 99.8 Å². The monoisotopic (exact) mass is 1150 g/mol. The topological polar surface area (TPSA) is 205 Å². The maximum atomic E-state index is 8.62. The fourth-order valence-corrected chi connectivity index (χ4v) is 7.03. The van der Waals surface area contributed by atoms with E-state index in [-0.39, 0.29) is 6.61 Å². The highest BCUT2D eigenvalue weighted by molar-refractivity contribution is 4.50. The van der Waals surface area contributed by atoms with Crippen LogP contribution in [0.15, 0.2) is 0 Å². The highest BCUT2D eigenvalue weighted by Gasteiger charge is 2.01. The van der Waals surface area contributed by atoms with Gasteiger partial charge in [0.1, 0.15) is 0 Å². The van der Waals surface area contributed by atoms with E-state index in [9.17, 15) is 0 Å². The Kier molecular flexibility index (Phi) is 76.3. The molecule has 0 aliphatic heterocycles. The van der Waals surface area contributed by atoms with Crippen LogP contribution in [0, 0.1) is 0 Å². The zero-order valence-electron chi connectivity index (χ0n) is 49.9. The zero-order chi connectivity index (χ0) is 56.4. The second kappa shape index (κ2) is 77.2. The molecule has 0 aliphatic carbocycles. The molecular formula is C58H118O21. The third kappa shape index (κ3) is 77.2. The van der Waals surface area contributed by atoms with Gasteiger partial charge in [0.05, 0.1) is 251 Å². The Balaban J connectivity index is 3.08. The van der Waals surface area contributed by atoms with Gasteiger partial charge in [0.15, 0.2) is 0 Å². The lowest BCUT2D eigenvalue weighted by atomic mass is 10.0. The van der Waals surface area contributed by atoms with Crippen LogP contribution in [0.25, 0.3) is 0 Å². The highest BCUT2D eigenvalue weighted by Crippen LogP contribution is 2.12. The van der Waals surface area contributed by atoms with Gasteiger partial charge in [0.25, 0.3) is 0 Å². The second-order valence-corrected chi connectivity index (χ2v) is 18.3. The number of aliphatic hydroxyl groups excluding tert-OH is 1. The fraction of sp³-hybridized carbons (Fsp3) is 1.00. The van der Waals surface area contributed by atoms with Crippen molar-refractivity contribution in [3.05, 3.63) is 0 Å². The Morgan fingerprint density at radius 2 is 0.253 bits per heavy atom. The summed E-state index contributed by atoms with van der Waals surface area (Å²) in [5.74, 6) is 0. The fourth-order valence-electron chi connectivity index (χ4n) is 7.03. The van der Waals surface area contributed by atoms with E-state index in [0.717, 1.165) is 32.3 Å². The minimum Gasteiger partial charge on any atom is -0.394 e. The van der Waals surface area contributed by atoms with Gasteiger partial charge >= 0.3 is 0 Å². The summed E-state index contributed by atoms with van der Waals surface area (Å²) in [5, 5.41) is 8.62. The maximum Gasteiger partial charge on any atom is 0.0701 e. The summed E-state index contributed by atoms with van der Waals surface area (Å²) in [6.45, 7) is 23.7. The third-order valence-electron chi connectivity index (χ3n) is 11.4. The molecule has 0 aromatic rings. The van der Waals surface area contributed by atoms with E-state index in [1.165, 1.54) is 77.0 Å². The van der Waals surface area contributed by atoms with Crippen LogP contribution in [0.1, 0.15) is 110 Å². The van der Waals surface area contributed by atoms with Gasteiger partial charge in [-0.1, -0.05) is 84.0 Å². The van der Waals surface area contributed by atoms with Crippen LogP contribution in [-0.4, -0.2) is 276 Å². The molecule has 79 heavy (non-hydrogen) atoms. The van der Waals surface area contributed by atoms with Gasteiger partial charge in [-0.25, -0.2) is 0 Å². The van der Waals surface area contributed by atoms with Crippen molar-refractivity contribution < 1.29 is 99.8 Å². The average molecular weight is 1150 g/mol. The number of aliphatic hydroxyl groups is 1. The predicted molar refractivity (Wildman–Crippen MR) is 303 cm³/mol. The molecule has 0 aromatic heterocycles. The molecule has 0 amide bonds. The Bertz CT molecular complexity index is 955. The van der Waals surface area contributed by atoms with Crippen LogP contribution in [-0.2, 0) is 94.7 Å². The standard InChI is InChI=1S/C58H118O21/c1-2-3-4-5-6-7-8-9-10-11-12-13-15-19-60-23-27-64-31-36-69-39-41-71-43-45-73-47-49-75-51-53-77-55-57-79-58-56-78-54-52-76-50-48-74-46-44-72-42-40-70-37-33-66-29-25-62-21-17-14-16-20-61-24-28-65-32-35-68-38-34-67-30-26-63-22-18-59/h59H,2-58H2,1H3. The molecule has 21 nitrogen and oxygen atoms in total. The van der Waals surface area contributed by atoms with E-state index in [0.29, 0.717) is 258 Å². The molecule has 0 unspecified atom stereocenters. The van der Waals surface area contributed by atoms with Crippen LogP contribution >= 0.6 is 0 Å². The van der Waals surface area contributed by atoms with Crippen LogP contribution in [0.4, 0.5) is 0 Å². The van der Waals surface area contributed by atoms with E-state index < -0.39 is 0 Å². The van der Waals surface area contributed by atoms with Gasteiger partial charge in [-0.15, -0.1) is 0 Å². The van der Waals surface area contributed by atoms with Crippen molar-refractivity contribution in [1.82, 2.24) is 0 Å². The summed E-state index contributed by atoms with van der Waals surface area (Å²) in [4.78, 5) is 0. The van der Waals surface area contributed by atoms with Gasteiger partial charge in [-0.05, 0) is 25.7 Å². The first-order valence-electron chi connectivity index (χ1n) is 30.6. The van der Waals surface area contributed by atoms with E-state index >= 15 is 0 Å². The molecule has 1 N–H and O–H groups in total. The lowest BCUT2D eigenvalue weighted by molar-refractivity contribution is -0.0300. The number of unbranched alkanes of at least 4 members (excludes halogenated alkanes) is 14. The van der Waals surface area contributed by atoms with Crippen LogP contribution in [0.2, 0.25) is 0 Å². The van der Waals surface area contributed by atoms with Crippen molar-refractivity contribution in [2.75, 3.05) is 271 Å². The molecule has 0 fully saturated rings. The summed E-state index contributed by atoms with van der Waals surface area (Å²) in [7, 11) is 0. The molecule has 0 rings (SSSR count). The first kappa shape index (κ1) is 78.2. The quantitative estimate of drug-likeness (QED) is 0.0640. The van der Waals surface area contributed by atoms with Crippen molar-refractivity contribution in [2.24, 2.45) is 0 Å². The minimum atomic E-state index is 0.0259. The molecule has 0 spiro atoms. The molecule has 0 saturated heterocycles. The van der Waals surface area contributed by atoms with Crippen LogP contribution in [0.5, 0.6) is 0 Å². The summed E-state index contributed by atoms with van der Waals surface area (Å²) >= 11 is 0. The first-order valence-corrected chi connectivity index (χ1v) is 30.6. The minimum absolute atomic E-state index is 0.0259. The largest absolute Gasteiger partial charge is 0.394 e. The van der Waals surface area contributed by atoms with Crippen molar-refractivity contribution >= 4 is 0 Å². The predicted octanol–water partition coefficient (Wildman–Crippen LogP) is 6.57. The number of ether oxygens (including phenoxy) is 20. The van der Waals surface area contributed by atoms with Crippen molar-refractivity contribution in [3.63, 3.8) is 0 Å². The molecule has 0 saturated carbocycles. The normalized spacial score (nSPS) is 11.8. The summed E-state index contributed by atoms with van der Waals surface area (Å²) in [6, 6.07) is 0. The Hall–Kier alpha value is -0.840. The Morgan fingerprint density at radius 1 is 0.139 bits per heavy atom. The second-order valence-electron chi connectivity index (χ2n) is 18.3. The zero-order valence-corrected chi connectivity index (χ0v) is 49.9. The van der Waals surface area contributed by atoms with E-state index in [4.69, 9.17) is 99.8 Å². The first-order chi connectivity index (χ1) is 39.4. The van der Waals surface area contributed by atoms with E-state index in [1.807, 2.05) is 0 Å². The number of hydrogen-bond acceptors (Lipinski definition) is 21. The summed E-state index contributed by atoms with van der Waals surface area (Å²) in [5.41, 5.74) is 0. The molecule has 0 atom stereocenters. The van der Waals surface area contributed by atoms with Gasteiger partial charge in [0.2, 0.25) is 0 Å². The smallest absolute Gasteiger partial charge is 0.0701 e. The van der Waals surface area contributed by atoms with Gasteiger partial charge in [-0.2, -0.15) is 0 Å². The molecule has 21 heteroatoms.